The Labute approximate surface area is 129 Å². The number of carbonyl (C=O) groups is 1. The molecule has 0 atom stereocenters. The minimum atomic E-state index is 0.285. The van der Waals surface area contributed by atoms with E-state index in [1.165, 1.54) is 63.4 Å². The quantitative estimate of drug-likeness (QED) is 0.500. The molecule has 1 nitrogen and oxygen atoms in total. The third-order valence-electron chi connectivity index (χ3n) is 5.50. The largest absolute Gasteiger partial charge is 0.294 e. The summed E-state index contributed by atoms with van der Waals surface area (Å²) >= 11 is 0. The van der Waals surface area contributed by atoms with E-state index in [0.29, 0.717) is 5.78 Å². The molecule has 0 bridgehead atoms. The highest BCUT2D eigenvalue weighted by Crippen LogP contribution is 2.33. The molecule has 2 fully saturated rings. The van der Waals surface area contributed by atoms with Crippen molar-refractivity contribution in [2.75, 3.05) is 0 Å². The molecule has 1 aromatic carbocycles. The summed E-state index contributed by atoms with van der Waals surface area (Å²) in [4.78, 5) is 12.6. The van der Waals surface area contributed by atoms with Crippen LogP contribution in [0.25, 0.3) is 0 Å². The number of benzene rings is 1. The third-order valence-corrected chi connectivity index (χ3v) is 5.50. The van der Waals surface area contributed by atoms with Crippen LogP contribution in [0.5, 0.6) is 0 Å². The maximum absolute atomic E-state index is 12.6. The first kappa shape index (κ1) is 14.8. The van der Waals surface area contributed by atoms with Crippen LogP contribution in [0.4, 0.5) is 0 Å². The molecule has 114 valence electrons. The Morgan fingerprint density at radius 2 is 1.24 bits per heavy atom. The van der Waals surface area contributed by atoms with Gasteiger partial charge in [0.2, 0.25) is 0 Å². The fourth-order valence-electron chi connectivity index (χ4n) is 4.13. The van der Waals surface area contributed by atoms with E-state index < -0.39 is 0 Å². The number of ketones is 1. The first-order chi connectivity index (χ1) is 10.3. The molecule has 1 aromatic rings. The van der Waals surface area contributed by atoms with E-state index in [9.17, 15) is 4.79 Å². The van der Waals surface area contributed by atoms with Crippen molar-refractivity contribution in [1.29, 1.82) is 0 Å². The van der Waals surface area contributed by atoms with E-state index in [1.807, 2.05) is 0 Å². The van der Waals surface area contributed by atoms with Crippen molar-refractivity contribution in [3.63, 3.8) is 0 Å². The molecular weight excluding hydrogens is 256 g/mol. The first-order valence-corrected chi connectivity index (χ1v) is 8.99. The van der Waals surface area contributed by atoms with E-state index >= 15 is 0 Å². The monoisotopic (exact) mass is 284 g/mol. The minimum Gasteiger partial charge on any atom is -0.294 e. The highest BCUT2D eigenvalue weighted by atomic mass is 16.1. The van der Waals surface area contributed by atoms with Crippen molar-refractivity contribution in [2.45, 2.75) is 76.5 Å². The zero-order valence-electron chi connectivity index (χ0n) is 13.2. The second-order valence-corrected chi connectivity index (χ2v) is 7.01. The second kappa shape index (κ2) is 7.24. The van der Waals surface area contributed by atoms with Gasteiger partial charge in [-0.15, -0.1) is 0 Å². The molecule has 1 heteroatoms. The smallest absolute Gasteiger partial charge is 0.165 e. The normalized spacial score (nSPS) is 21.9. The lowest BCUT2D eigenvalue weighted by Gasteiger charge is -2.22. The van der Waals surface area contributed by atoms with Crippen LogP contribution in [0, 0.1) is 5.92 Å². The Morgan fingerprint density at radius 1 is 0.714 bits per heavy atom. The minimum absolute atomic E-state index is 0.285. The summed E-state index contributed by atoms with van der Waals surface area (Å²) in [5, 5.41) is 0. The Kier molecular flexibility index (Phi) is 5.11. The van der Waals surface area contributed by atoms with E-state index in [4.69, 9.17) is 0 Å². The lowest BCUT2D eigenvalue weighted by molar-refractivity contribution is 0.0908. The van der Waals surface area contributed by atoms with E-state index in [0.717, 1.165) is 24.3 Å². The Morgan fingerprint density at radius 3 is 1.86 bits per heavy atom. The maximum atomic E-state index is 12.6. The topological polar surface area (TPSA) is 17.1 Å². The van der Waals surface area contributed by atoms with Gasteiger partial charge in [0.1, 0.15) is 0 Å². The molecule has 0 spiro atoms. The molecule has 0 heterocycles. The molecule has 0 N–H and O–H groups in total. The van der Waals surface area contributed by atoms with Crippen molar-refractivity contribution in [1.82, 2.24) is 0 Å². The molecule has 0 unspecified atom stereocenters. The highest BCUT2D eigenvalue weighted by Gasteiger charge is 2.22. The van der Waals surface area contributed by atoms with Crippen LogP contribution in [0.15, 0.2) is 24.3 Å². The van der Waals surface area contributed by atoms with Crippen molar-refractivity contribution in [3.05, 3.63) is 35.4 Å². The summed E-state index contributed by atoms with van der Waals surface area (Å²) in [5.41, 5.74) is 2.40. The van der Waals surface area contributed by atoms with Crippen LogP contribution in [-0.2, 0) is 0 Å². The Balaban J connectivity index is 1.66. The maximum Gasteiger partial charge on any atom is 0.165 e. The van der Waals surface area contributed by atoms with Gasteiger partial charge >= 0.3 is 0 Å². The number of rotatable bonds is 3. The van der Waals surface area contributed by atoms with Crippen molar-refractivity contribution < 1.29 is 4.79 Å². The van der Waals surface area contributed by atoms with Gasteiger partial charge in [-0.3, -0.25) is 4.79 Å². The fourth-order valence-corrected chi connectivity index (χ4v) is 4.13. The van der Waals surface area contributed by atoms with Crippen LogP contribution >= 0.6 is 0 Å². The first-order valence-electron chi connectivity index (χ1n) is 8.99. The summed E-state index contributed by atoms with van der Waals surface area (Å²) in [6.07, 6.45) is 14.1. The number of carbonyl (C=O) groups excluding carboxylic acids is 1. The third kappa shape index (κ3) is 3.75. The average Bonchev–Trinajstić information content (AvgIpc) is 2.84. The predicted octanol–water partition coefficient (Wildman–Crippen LogP) is 5.89. The van der Waals surface area contributed by atoms with Crippen LogP contribution in [0.3, 0.4) is 0 Å². The van der Waals surface area contributed by atoms with Gasteiger partial charge in [-0.2, -0.15) is 0 Å². The van der Waals surface area contributed by atoms with Gasteiger partial charge in [0.25, 0.3) is 0 Å². The van der Waals surface area contributed by atoms with Crippen molar-refractivity contribution in [3.8, 4) is 0 Å². The number of hydrogen-bond acceptors (Lipinski definition) is 1. The zero-order chi connectivity index (χ0) is 14.5. The van der Waals surface area contributed by atoms with Crippen molar-refractivity contribution in [2.24, 2.45) is 5.92 Å². The van der Waals surface area contributed by atoms with E-state index in [2.05, 4.69) is 24.3 Å². The summed E-state index contributed by atoms with van der Waals surface area (Å²) in [6, 6.07) is 8.63. The van der Waals surface area contributed by atoms with Gasteiger partial charge in [0.05, 0.1) is 0 Å². The van der Waals surface area contributed by atoms with Gasteiger partial charge in [0.15, 0.2) is 5.78 Å². The molecule has 0 amide bonds. The molecule has 0 radical (unpaired) electrons. The predicted molar refractivity (Wildman–Crippen MR) is 87.8 cm³/mol. The summed E-state index contributed by atoms with van der Waals surface area (Å²) in [5.74, 6) is 1.42. The number of hydrogen-bond donors (Lipinski definition) is 0. The molecule has 2 saturated carbocycles. The lowest BCUT2D eigenvalue weighted by Crippen LogP contribution is -2.14. The number of Topliss-reactive ketones (excluding diaryl/α,β-unsaturated/α-hetero) is 1. The van der Waals surface area contributed by atoms with Crippen molar-refractivity contribution >= 4 is 5.78 Å². The van der Waals surface area contributed by atoms with Gasteiger partial charge in [-0.25, -0.2) is 0 Å². The van der Waals surface area contributed by atoms with Gasteiger partial charge < -0.3 is 0 Å². The van der Waals surface area contributed by atoms with Gasteiger partial charge in [-0.1, -0.05) is 69.2 Å². The molecule has 2 aliphatic carbocycles. The highest BCUT2D eigenvalue weighted by molar-refractivity contribution is 5.97. The molecular formula is C20H28O. The SMILES string of the molecule is O=C(c1ccc(C2CCCCC2)cc1)C1CCCCCC1. The molecule has 2 aliphatic rings. The lowest BCUT2D eigenvalue weighted by atomic mass is 9.83. The van der Waals surface area contributed by atoms with Crippen LogP contribution < -0.4 is 0 Å². The van der Waals surface area contributed by atoms with Gasteiger partial charge in [-0.05, 0) is 37.2 Å². The summed E-state index contributed by atoms with van der Waals surface area (Å²) in [7, 11) is 0. The molecule has 3 rings (SSSR count). The molecule has 0 aliphatic heterocycles. The van der Waals surface area contributed by atoms with E-state index in [1.54, 1.807) is 0 Å². The van der Waals surface area contributed by atoms with Crippen LogP contribution in [-0.4, -0.2) is 5.78 Å². The molecule has 21 heavy (non-hydrogen) atoms. The van der Waals surface area contributed by atoms with Gasteiger partial charge in [0, 0.05) is 11.5 Å². The van der Waals surface area contributed by atoms with E-state index in [-0.39, 0.29) is 5.92 Å². The summed E-state index contributed by atoms with van der Waals surface area (Å²) < 4.78 is 0. The average molecular weight is 284 g/mol. The molecule has 0 aromatic heterocycles. The Bertz CT molecular complexity index is 445. The second-order valence-electron chi connectivity index (χ2n) is 7.01. The Hall–Kier alpha value is -1.11. The van der Waals surface area contributed by atoms with Crippen LogP contribution in [0.2, 0.25) is 0 Å². The van der Waals surface area contributed by atoms with Crippen LogP contribution in [0.1, 0.15) is 92.5 Å². The molecule has 0 saturated heterocycles. The zero-order valence-corrected chi connectivity index (χ0v) is 13.2. The standard InChI is InChI=1S/C20H28O/c21-20(18-10-4-1-2-5-11-18)19-14-12-17(13-15-19)16-8-6-3-7-9-16/h12-16,18H,1-11H2. The fraction of sp³-hybridized carbons (Fsp3) is 0.650. The summed E-state index contributed by atoms with van der Waals surface area (Å²) in [6.45, 7) is 0.